The SMILES string of the molecule is CCN(Cc1ccccc1CCNC1CC1)C1CC1. The Morgan fingerprint density at radius 1 is 1.11 bits per heavy atom. The van der Waals surface area contributed by atoms with Crippen molar-refractivity contribution >= 4 is 0 Å². The van der Waals surface area contributed by atoms with Crippen molar-refractivity contribution in [3.05, 3.63) is 35.4 Å². The summed E-state index contributed by atoms with van der Waals surface area (Å²) in [7, 11) is 0. The van der Waals surface area contributed by atoms with Gasteiger partial charge in [-0.25, -0.2) is 0 Å². The smallest absolute Gasteiger partial charge is 0.0239 e. The quantitative estimate of drug-likeness (QED) is 0.771. The third kappa shape index (κ3) is 3.80. The average Bonchev–Trinajstić information content (AvgIpc) is 3.29. The second-order valence-electron chi connectivity index (χ2n) is 6.04. The molecule has 2 heteroatoms. The molecule has 1 aromatic carbocycles. The highest BCUT2D eigenvalue weighted by Gasteiger charge is 2.28. The van der Waals surface area contributed by atoms with Gasteiger partial charge in [0, 0.05) is 18.6 Å². The Hall–Kier alpha value is -0.860. The first-order valence-corrected chi connectivity index (χ1v) is 7.91. The van der Waals surface area contributed by atoms with Crippen molar-refractivity contribution in [1.82, 2.24) is 10.2 Å². The summed E-state index contributed by atoms with van der Waals surface area (Å²) in [6.45, 7) is 5.74. The number of nitrogens with one attached hydrogen (secondary N) is 1. The molecule has 0 amide bonds. The van der Waals surface area contributed by atoms with Gasteiger partial charge in [-0.1, -0.05) is 31.2 Å². The fourth-order valence-corrected chi connectivity index (χ4v) is 2.81. The van der Waals surface area contributed by atoms with E-state index >= 15 is 0 Å². The summed E-state index contributed by atoms with van der Waals surface area (Å²) in [5, 5.41) is 3.62. The van der Waals surface area contributed by atoms with Crippen LogP contribution in [0, 0.1) is 0 Å². The molecule has 2 nitrogen and oxygen atoms in total. The lowest BCUT2D eigenvalue weighted by Crippen LogP contribution is -2.26. The van der Waals surface area contributed by atoms with Gasteiger partial charge in [0.25, 0.3) is 0 Å². The van der Waals surface area contributed by atoms with Crippen LogP contribution in [0.4, 0.5) is 0 Å². The molecule has 2 saturated carbocycles. The maximum Gasteiger partial charge on any atom is 0.0239 e. The standard InChI is InChI=1S/C17H26N2/c1-2-19(17-9-10-17)13-15-6-4-3-5-14(15)11-12-18-16-7-8-16/h3-6,16-18H,2,7-13H2,1H3. The molecule has 0 saturated heterocycles. The monoisotopic (exact) mass is 258 g/mol. The predicted octanol–water partition coefficient (Wildman–Crippen LogP) is 2.97. The minimum Gasteiger partial charge on any atom is -0.314 e. The van der Waals surface area contributed by atoms with Crippen LogP contribution in [-0.2, 0) is 13.0 Å². The highest BCUT2D eigenvalue weighted by Crippen LogP contribution is 2.28. The Labute approximate surface area is 117 Å². The van der Waals surface area contributed by atoms with E-state index in [0.29, 0.717) is 0 Å². The second-order valence-corrected chi connectivity index (χ2v) is 6.04. The van der Waals surface area contributed by atoms with E-state index in [0.717, 1.165) is 25.2 Å². The number of hydrogen-bond donors (Lipinski definition) is 1. The molecule has 2 aliphatic carbocycles. The molecule has 3 rings (SSSR count). The van der Waals surface area contributed by atoms with Gasteiger partial charge in [0.05, 0.1) is 0 Å². The molecule has 0 aromatic heterocycles. The zero-order chi connectivity index (χ0) is 13.1. The van der Waals surface area contributed by atoms with Crippen LogP contribution in [0.3, 0.4) is 0 Å². The fourth-order valence-electron chi connectivity index (χ4n) is 2.81. The van der Waals surface area contributed by atoms with E-state index in [1.807, 2.05) is 0 Å². The van der Waals surface area contributed by atoms with Crippen LogP contribution in [0.25, 0.3) is 0 Å². The summed E-state index contributed by atoms with van der Waals surface area (Å²) in [6, 6.07) is 10.7. The van der Waals surface area contributed by atoms with Crippen molar-refractivity contribution in [3.63, 3.8) is 0 Å². The molecule has 0 radical (unpaired) electrons. The zero-order valence-electron chi connectivity index (χ0n) is 12.1. The van der Waals surface area contributed by atoms with Crippen molar-refractivity contribution < 1.29 is 0 Å². The summed E-state index contributed by atoms with van der Waals surface area (Å²) in [6.07, 6.45) is 6.74. The predicted molar refractivity (Wildman–Crippen MR) is 80.3 cm³/mol. The molecule has 0 bridgehead atoms. The van der Waals surface area contributed by atoms with Gasteiger partial charge in [-0.3, -0.25) is 4.90 Å². The maximum absolute atomic E-state index is 3.62. The fraction of sp³-hybridized carbons (Fsp3) is 0.647. The van der Waals surface area contributed by atoms with E-state index in [1.165, 1.54) is 49.8 Å². The molecule has 0 unspecified atom stereocenters. The lowest BCUT2D eigenvalue weighted by atomic mass is 10.0. The lowest BCUT2D eigenvalue weighted by Gasteiger charge is -2.21. The van der Waals surface area contributed by atoms with Gasteiger partial charge in [-0.15, -0.1) is 0 Å². The lowest BCUT2D eigenvalue weighted by molar-refractivity contribution is 0.268. The highest BCUT2D eigenvalue weighted by molar-refractivity contribution is 5.27. The Kier molecular flexibility index (Phi) is 4.19. The van der Waals surface area contributed by atoms with Crippen LogP contribution >= 0.6 is 0 Å². The molecule has 0 atom stereocenters. The summed E-state index contributed by atoms with van der Waals surface area (Å²) < 4.78 is 0. The minimum absolute atomic E-state index is 0.825. The average molecular weight is 258 g/mol. The van der Waals surface area contributed by atoms with Crippen LogP contribution in [0.2, 0.25) is 0 Å². The Morgan fingerprint density at radius 2 is 1.84 bits per heavy atom. The van der Waals surface area contributed by atoms with E-state index in [4.69, 9.17) is 0 Å². The van der Waals surface area contributed by atoms with Gasteiger partial charge in [0.2, 0.25) is 0 Å². The molecular weight excluding hydrogens is 232 g/mol. The normalized spacial score (nSPS) is 19.1. The van der Waals surface area contributed by atoms with Crippen LogP contribution in [0.15, 0.2) is 24.3 Å². The van der Waals surface area contributed by atoms with Crippen molar-refractivity contribution in [3.8, 4) is 0 Å². The molecule has 0 spiro atoms. The summed E-state index contributed by atoms with van der Waals surface area (Å²) >= 11 is 0. The molecule has 104 valence electrons. The van der Waals surface area contributed by atoms with Crippen molar-refractivity contribution in [1.29, 1.82) is 0 Å². The van der Waals surface area contributed by atoms with E-state index in [9.17, 15) is 0 Å². The Balaban J connectivity index is 1.58. The first kappa shape index (κ1) is 13.1. The largest absolute Gasteiger partial charge is 0.314 e. The Bertz CT molecular complexity index is 407. The molecular formula is C17H26N2. The van der Waals surface area contributed by atoms with Crippen LogP contribution in [0.5, 0.6) is 0 Å². The van der Waals surface area contributed by atoms with Gasteiger partial charge in [0.15, 0.2) is 0 Å². The molecule has 19 heavy (non-hydrogen) atoms. The van der Waals surface area contributed by atoms with Gasteiger partial charge in [-0.2, -0.15) is 0 Å². The third-order valence-corrected chi connectivity index (χ3v) is 4.37. The summed E-state index contributed by atoms with van der Waals surface area (Å²) in [5.41, 5.74) is 3.07. The van der Waals surface area contributed by atoms with Gasteiger partial charge in [-0.05, 0) is 56.3 Å². The minimum atomic E-state index is 0.825. The number of hydrogen-bond acceptors (Lipinski definition) is 2. The van der Waals surface area contributed by atoms with Crippen molar-refractivity contribution in [2.45, 2.75) is 57.7 Å². The molecule has 1 aromatic rings. The number of rotatable bonds is 8. The van der Waals surface area contributed by atoms with Crippen LogP contribution in [-0.4, -0.2) is 30.1 Å². The molecule has 0 heterocycles. The van der Waals surface area contributed by atoms with Gasteiger partial charge < -0.3 is 5.32 Å². The second kappa shape index (κ2) is 6.06. The third-order valence-electron chi connectivity index (χ3n) is 4.37. The topological polar surface area (TPSA) is 15.3 Å². The van der Waals surface area contributed by atoms with Gasteiger partial charge >= 0.3 is 0 Å². The van der Waals surface area contributed by atoms with Crippen molar-refractivity contribution in [2.75, 3.05) is 13.1 Å². The highest BCUT2D eigenvalue weighted by atomic mass is 15.2. The molecule has 2 fully saturated rings. The molecule has 0 aliphatic heterocycles. The number of benzene rings is 1. The Morgan fingerprint density at radius 3 is 2.47 bits per heavy atom. The first-order chi connectivity index (χ1) is 9.36. The van der Waals surface area contributed by atoms with Crippen molar-refractivity contribution in [2.24, 2.45) is 0 Å². The summed E-state index contributed by atoms with van der Waals surface area (Å²) in [5.74, 6) is 0. The molecule has 2 aliphatic rings. The first-order valence-electron chi connectivity index (χ1n) is 7.91. The van der Waals surface area contributed by atoms with E-state index in [-0.39, 0.29) is 0 Å². The van der Waals surface area contributed by atoms with Crippen LogP contribution < -0.4 is 5.32 Å². The molecule has 1 N–H and O–H groups in total. The maximum atomic E-state index is 3.62. The van der Waals surface area contributed by atoms with E-state index < -0.39 is 0 Å². The van der Waals surface area contributed by atoms with E-state index in [2.05, 4.69) is 41.4 Å². The van der Waals surface area contributed by atoms with E-state index in [1.54, 1.807) is 0 Å². The number of nitrogens with zero attached hydrogens (tertiary/aromatic N) is 1. The summed E-state index contributed by atoms with van der Waals surface area (Å²) in [4.78, 5) is 2.63. The van der Waals surface area contributed by atoms with Crippen LogP contribution in [0.1, 0.15) is 43.7 Å². The van der Waals surface area contributed by atoms with Gasteiger partial charge in [0.1, 0.15) is 0 Å². The zero-order valence-corrected chi connectivity index (χ0v) is 12.1.